The van der Waals surface area contributed by atoms with E-state index in [1.54, 1.807) is 22.8 Å². The first-order valence-corrected chi connectivity index (χ1v) is 15.3. The summed E-state index contributed by atoms with van der Waals surface area (Å²) in [5, 5.41) is 13.2. The van der Waals surface area contributed by atoms with Gasteiger partial charge in [-0.1, -0.05) is 29.8 Å². The maximum atomic E-state index is 13.7. The minimum Gasteiger partial charge on any atom is -0.394 e. The molecule has 1 aromatic heterocycles. The van der Waals surface area contributed by atoms with Gasteiger partial charge in [-0.2, -0.15) is 13.2 Å². The Kier molecular flexibility index (Phi) is 8.85. The number of aryl methyl sites for hydroxylation is 1. The van der Waals surface area contributed by atoms with Gasteiger partial charge in [0.25, 0.3) is 5.91 Å². The summed E-state index contributed by atoms with van der Waals surface area (Å²) >= 11 is 5.81. The van der Waals surface area contributed by atoms with Crippen molar-refractivity contribution >= 4 is 38.4 Å². The molecule has 228 valence electrons. The van der Waals surface area contributed by atoms with Crippen molar-refractivity contribution in [2.45, 2.75) is 49.0 Å². The quantitative estimate of drug-likeness (QED) is 0.182. The fourth-order valence-electron chi connectivity index (χ4n) is 4.97. The van der Waals surface area contributed by atoms with Crippen LogP contribution in [0.5, 0.6) is 0 Å². The molecule has 1 amide bonds. The van der Waals surface area contributed by atoms with E-state index in [0.29, 0.717) is 22.2 Å². The number of aliphatic hydroxyl groups is 1. The second kappa shape index (κ2) is 12.3. The number of sulfonamides is 1. The van der Waals surface area contributed by atoms with E-state index in [1.165, 1.54) is 42.5 Å². The van der Waals surface area contributed by atoms with Crippen molar-refractivity contribution in [2.75, 3.05) is 13.3 Å². The number of amides is 1. The van der Waals surface area contributed by atoms with Crippen molar-refractivity contribution in [1.82, 2.24) is 14.6 Å². The van der Waals surface area contributed by atoms with E-state index < -0.39 is 47.0 Å². The highest BCUT2D eigenvalue weighted by Crippen LogP contribution is 2.35. The number of aromatic nitrogens is 1. The van der Waals surface area contributed by atoms with Gasteiger partial charge in [0, 0.05) is 39.6 Å². The summed E-state index contributed by atoms with van der Waals surface area (Å²) in [5.41, 5.74) is 0.773. The Morgan fingerprint density at radius 1 is 1.05 bits per heavy atom. The van der Waals surface area contributed by atoms with Crippen LogP contribution in [0, 0.1) is 0 Å². The van der Waals surface area contributed by atoms with Crippen molar-refractivity contribution in [3.63, 3.8) is 0 Å². The van der Waals surface area contributed by atoms with E-state index in [0.717, 1.165) is 18.9 Å². The van der Waals surface area contributed by atoms with E-state index in [2.05, 4.69) is 10.0 Å². The minimum atomic E-state index is -4.63. The number of carbonyl (C=O) groups is 1. The van der Waals surface area contributed by atoms with E-state index in [1.807, 2.05) is 0 Å². The van der Waals surface area contributed by atoms with Crippen LogP contribution in [-0.4, -0.2) is 43.3 Å². The van der Waals surface area contributed by atoms with Gasteiger partial charge in [-0.25, -0.2) is 17.5 Å². The van der Waals surface area contributed by atoms with Crippen LogP contribution in [-0.2, 0) is 29.2 Å². The smallest absolute Gasteiger partial charge is 0.394 e. The van der Waals surface area contributed by atoms with E-state index in [-0.39, 0.29) is 40.1 Å². The highest BCUT2D eigenvalue weighted by molar-refractivity contribution is 7.89. The van der Waals surface area contributed by atoms with Crippen molar-refractivity contribution in [1.29, 1.82) is 0 Å². The predicted octanol–water partition coefficient (Wildman–Crippen LogP) is 5.78. The molecule has 0 saturated heterocycles. The Labute approximate surface area is 250 Å². The molecular weight excluding hydrogens is 610 g/mol. The predicted molar refractivity (Wildman–Crippen MR) is 154 cm³/mol. The molecule has 1 atom stereocenters. The lowest BCUT2D eigenvalue weighted by Gasteiger charge is -2.17. The van der Waals surface area contributed by atoms with Gasteiger partial charge >= 0.3 is 6.18 Å². The summed E-state index contributed by atoms with van der Waals surface area (Å²) < 4.78 is 83.6. The van der Waals surface area contributed by atoms with Crippen LogP contribution in [0.2, 0.25) is 5.02 Å². The summed E-state index contributed by atoms with van der Waals surface area (Å²) in [6.45, 7) is -1.30. The number of halogens is 5. The number of hydrogen-bond donors (Lipinski definition) is 3. The molecule has 3 aromatic carbocycles. The zero-order chi connectivity index (χ0) is 30.9. The first-order valence-electron chi connectivity index (χ1n) is 13.5. The summed E-state index contributed by atoms with van der Waals surface area (Å²) in [4.78, 5) is 13.2. The molecule has 4 aromatic rings. The van der Waals surface area contributed by atoms with E-state index in [4.69, 9.17) is 11.6 Å². The van der Waals surface area contributed by atoms with Gasteiger partial charge in [0.05, 0.1) is 29.7 Å². The third-order valence-corrected chi connectivity index (χ3v) is 9.06. The first-order chi connectivity index (χ1) is 20.4. The highest BCUT2D eigenvalue weighted by atomic mass is 35.5. The largest absolute Gasteiger partial charge is 0.416 e. The number of fused-ring (bicyclic) bond motifs is 1. The number of alkyl halides is 4. The molecule has 43 heavy (non-hydrogen) atoms. The Morgan fingerprint density at radius 3 is 2.40 bits per heavy atom. The Morgan fingerprint density at radius 2 is 1.77 bits per heavy atom. The van der Waals surface area contributed by atoms with Crippen LogP contribution in [0.4, 0.5) is 17.6 Å². The fraction of sp³-hybridized carbons (Fsp3) is 0.300. The van der Waals surface area contributed by atoms with E-state index >= 15 is 0 Å². The third kappa shape index (κ3) is 7.04. The molecule has 1 aliphatic rings. The third-order valence-electron chi connectivity index (χ3n) is 7.29. The average molecular weight is 638 g/mol. The first kappa shape index (κ1) is 31.0. The second-order valence-electron chi connectivity index (χ2n) is 10.4. The van der Waals surface area contributed by atoms with Gasteiger partial charge in [0.1, 0.15) is 6.67 Å². The Balaban J connectivity index is 1.38. The van der Waals surface area contributed by atoms with Crippen LogP contribution < -0.4 is 10.0 Å². The van der Waals surface area contributed by atoms with Crippen LogP contribution in [0.15, 0.2) is 71.6 Å². The number of hydrogen-bond acceptors (Lipinski definition) is 4. The second-order valence-corrected chi connectivity index (χ2v) is 12.5. The van der Waals surface area contributed by atoms with Gasteiger partial charge in [0.15, 0.2) is 0 Å². The SMILES string of the molecule is O=C(N[C@@H](CO)c1ccc(S(=O)(=O)NC2CC2)cc1)c1ccc2c(c1)cc(Cc1ccc(Cl)cc1C(F)(F)F)n2CCF. The number of aliphatic hydroxyl groups excluding tert-OH is 1. The maximum Gasteiger partial charge on any atom is 0.416 e. The lowest BCUT2D eigenvalue weighted by molar-refractivity contribution is -0.138. The number of rotatable bonds is 11. The average Bonchev–Trinajstić information content (AvgIpc) is 3.71. The van der Waals surface area contributed by atoms with Gasteiger partial charge in [-0.15, -0.1) is 0 Å². The molecule has 3 N–H and O–H groups in total. The Bertz CT molecular complexity index is 1750. The molecule has 1 aliphatic carbocycles. The summed E-state index contributed by atoms with van der Waals surface area (Å²) in [6, 6.07) is 14.7. The molecule has 0 bridgehead atoms. The van der Waals surface area contributed by atoms with Crippen LogP contribution in [0.25, 0.3) is 10.9 Å². The molecule has 0 aliphatic heterocycles. The molecule has 0 spiro atoms. The monoisotopic (exact) mass is 637 g/mol. The summed E-state index contributed by atoms with van der Waals surface area (Å²) in [7, 11) is -3.66. The number of nitrogens with zero attached hydrogens (tertiary/aromatic N) is 1. The van der Waals surface area contributed by atoms with Crippen molar-refractivity contribution in [3.8, 4) is 0 Å². The van der Waals surface area contributed by atoms with Crippen LogP contribution in [0.1, 0.15) is 51.6 Å². The van der Waals surface area contributed by atoms with Crippen molar-refractivity contribution in [2.24, 2.45) is 0 Å². The maximum absolute atomic E-state index is 13.7. The summed E-state index contributed by atoms with van der Waals surface area (Å²) in [5.74, 6) is -0.537. The van der Waals surface area contributed by atoms with Crippen LogP contribution in [0.3, 0.4) is 0 Å². The summed E-state index contributed by atoms with van der Waals surface area (Å²) in [6.07, 6.45) is -3.18. The standard InChI is InChI=1S/C30H28ClF4N3O4S/c31-22-5-1-19(26(16-22)30(33,34)35)14-24-15-21-13-20(4-10-28(21)38(24)12-11-32)29(40)36-27(17-39)18-2-8-25(9-3-18)43(41,42)37-23-6-7-23/h1-5,8-10,13,15-16,23,27,37,39H,6-7,11-12,14,17H2,(H,36,40)/t27-/m0/s1. The van der Waals surface area contributed by atoms with Crippen molar-refractivity contribution in [3.05, 3.63) is 99.7 Å². The van der Waals surface area contributed by atoms with Gasteiger partial charge < -0.3 is 15.0 Å². The molecule has 0 radical (unpaired) electrons. The number of benzene rings is 3. The molecule has 1 saturated carbocycles. The van der Waals surface area contributed by atoms with E-state index in [9.17, 15) is 35.9 Å². The zero-order valence-corrected chi connectivity index (χ0v) is 24.2. The van der Waals surface area contributed by atoms with Gasteiger partial charge in [-0.3, -0.25) is 4.79 Å². The van der Waals surface area contributed by atoms with Crippen LogP contribution >= 0.6 is 11.6 Å². The minimum absolute atomic E-state index is 0.0225. The zero-order valence-electron chi connectivity index (χ0n) is 22.7. The Hall–Kier alpha value is -3.45. The highest BCUT2D eigenvalue weighted by Gasteiger charge is 2.34. The number of carbonyl (C=O) groups excluding carboxylic acids is 1. The lowest BCUT2D eigenvalue weighted by Crippen LogP contribution is -2.31. The van der Waals surface area contributed by atoms with Crippen molar-refractivity contribution < 1.29 is 35.9 Å². The topological polar surface area (TPSA) is 100 Å². The molecular formula is C30H28ClF4N3O4S. The fourth-order valence-corrected chi connectivity index (χ4v) is 6.45. The molecule has 0 unspecified atom stereocenters. The molecule has 7 nitrogen and oxygen atoms in total. The molecule has 1 heterocycles. The number of nitrogens with one attached hydrogen (secondary N) is 2. The van der Waals surface area contributed by atoms with Gasteiger partial charge in [0.2, 0.25) is 10.0 Å². The normalized spacial score (nSPS) is 14.7. The molecule has 13 heteroatoms. The lowest BCUT2D eigenvalue weighted by atomic mass is 10.0. The van der Waals surface area contributed by atoms with Gasteiger partial charge in [-0.05, 0) is 72.5 Å². The molecule has 5 rings (SSSR count). The molecule has 1 fully saturated rings.